The summed E-state index contributed by atoms with van der Waals surface area (Å²) in [6, 6.07) is 0. The highest BCUT2D eigenvalue weighted by Gasteiger charge is 2.46. The van der Waals surface area contributed by atoms with Crippen LogP contribution in [0.4, 0.5) is 0 Å². The first kappa shape index (κ1) is 8.52. The second-order valence-corrected chi connectivity index (χ2v) is 4.45. The van der Waals surface area contributed by atoms with Crippen LogP contribution in [0.2, 0.25) is 0 Å². The van der Waals surface area contributed by atoms with E-state index in [0.29, 0.717) is 17.6 Å². The molecule has 1 aliphatic heterocycles. The first-order valence-electron chi connectivity index (χ1n) is 5.12. The van der Waals surface area contributed by atoms with Crippen LogP contribution in [0.15, 0.2) is 0 Å². The van der Waals surface area contributed by atoms with Crippen molar-refractivity contribution >= 4 is 0 Å². The Balaban J connectivity index is 2.14. The van der Waals surface area contributed by atoms with E-state index in [4.69, 9.17) is 10.5 Å². The number of rotatable bonds is 1. The van der Waals surface area contributed by atoms with Crippen molar-refractivity contribution in [1.82, 2.24) is 0 Å². The molecule has 1 saturated carbocycles. The van der Waals surface area contributed by atoms with Gasteiger partial charge in [0.2, 0.25) is 0 Å². The molecule has 1 heterocycles. The summed E-state index contributed by atoms with van der Waals surface area (Å²) >= 11 is 0. The van der Waals surface area contributed by atoms with Crippen LogP contribution in [0, 0.1) is 5.41 Å². The molecule has 2 fully saturated rings. The molecule has 2 nitrogen and oxygen atoms in total. The van der Waals surface area contributed by atoms with Crippen molar-refractivity contribution < 1.29 is 4.74 Å². The fraction of sp³-hybridized carbons (Fsp3) is 1.00. The average Bonchev–Trinajstić information content (AvgIpc) is 2.41. The zero-order valence-electron chi connectivity index (χ0n) is 7.88. The van der Waals surface area contributed by atoms with Gasteiger partial charge in [0.15, 0.2) is 0 Å². The lowest BCUT2D eigenvalue weighted by Crippen LogP contribution is -2.40. The first-order chi connectivity index (χ1) is 5.77. The predicted octanol–water partition coefficient (Wildman–Crippen LogP) is 1.68. The zero-order valence-corrected chi connectivity index (χ0v) is 7.88. The third-order valence-electron chi connectivity index (χ3n) is 3.57. The molecular formula is C10H19NO. The van der Waals surface area contributed by atoms with E-state index >= 15 is 0 Å². The van der Waals surface area contributed by atoms with Crippen molar-refractivity contribution in [2.24, 2.45) is 11.1 Å². The van der Waals surface area contributed by atoms with Gasteiger partial charge in [0.05, 0.1) is 12.2 Å². The van der Waals surface area contributed by atoms with Crippen LogP contribution in [0.3, 0.4) is 0 Å². The van der Waals surface area contributed by atoms with Gasteiger partial charge in [-0.1, -0.05) is 12.8 Å². The van der Waals surface area contributed by atoms with Crippen molar-refractivity contribution in [3.05, 3.63) is 0 Å². The molecule has 0 amide bonds. The smallest absolute Gasteiger partial charge is 0.0647 e. The van der Waals surface area contributed by atoms with E-state index < -0.39 is 0 Å². The molecular weight excluding hydrogens is 150 g/mol. The van der Waals surface area contributed by atoms with Crippen LogP contribution >= 0.6 is 0 Å². The third-order valence-corrected chi connectivity index (χ3v) is 3.57. The van der Waals surface area contributed by atoms with Gasteiger partial charge in [-0.05, 0) is 26.2 Å². The Morgan fingerprint density at radius 1 is 1.50 bits per heavy atom. The van der Waals surface area contributed by atoms with Gasteiger partial charge in [-0.15, -0.1) is 0 Å². The highest BCUT2D eigenvalue weighted by molar-refractivity contribution is 4.97. The largest absolute Gasteiger partial charge is 0.375 e. The standard InChI is InChI=1S/C10H19NO/c1-8-6-10(7-11)5-3-2-4-9(10)12-8/h8-9H,2-7,11H2,1H3/t8-,9-,10-/m1/s1. The Morgan fingerprint density at radius 3 is 3.00 bits per heavy atom. The molecule has 1 saturated heterocycles. The minimum atomic E-state index is 0.359. The molecule has 2 heteroatoms. The summed E-state index contributed by atoms with van der Waals surface area (Å²) in [5, 5.41) is 0. The van der Waals surface area contributed by atoms with E-state index in [1.807, 2.05) is 0 Å². The van der Waals surface area contributed by atoms with Crippen molar-refractivity contribution in [3.8, 4) is 0 Å². The van der Waals surface area contributed by atoms with Crippen LogP contribution in [0.25, 0.3) is 0 Å². The molecule has 0 unspecified atom stereocenters. The second-order valence-electron chi connectivity index (χ2n) is 4.45. The van der Waals surface area contributed by atoms with Crippen LogP contribution in [-0.2, 0) is 4.74 Å². The van der Waals surface area contributed by atoms with Crippen molar-refractivity contribution in [2.45, 2.75) is 51.2 Å². The van der Waals surface area contributed by atoms with Gasteiger partial charge in [-0.3, -0.25) is 0 Å². The molecule has 0 radical (unpaired) electrons. The third kappa shape index (κ3) is 1.17. The highest BCUT2D eigenvalue weighted by Crippen LogP contribution is 2.46. The van der Waals surface area contributed by atoms with Crippen molar-refractivity contribution in [1.29, 1.82) is 0 Å². The molecule has 3 atom stereocenters. The molecule has 2 rings (SSSR count). The molecule has 0 aromatic carbocycles. The Morgan fingerprint density at radius 2 is 2.33 bits per heavy atom. The molecule has 0 bridgehead atoms. The summed E-state index contributed by atoms with van der Waals surface area (Å²) in [6.45, 7) is 3.00. The van der Waals surface area contributed by atoms with E-state index in [1.165, 1.54) is 32.1 Å². The monoisotopic (exact) mass is 169 g/mol. The minimum Gasteiger partial charge on any atom is -0.375 e. The number of ether oxygens (including phenoxy) is 1. The van der Waals surface area contributed by atoms with Gasteiger partial charge in [-0.25, -0.2) is 0 Å². The Hall–Kier alpha value is -0.0800. The highest BCUT2D eigenvalue weighted by atomic mass is 16.5. The maximum Gasteiger partial charge on any atom is 0.0647 e. The minimum absolute atomic E-state index is 0.359. The van der Waals surface area contributed by atoms with Gasteiger partial charge in [0, 0.05) is 12.0 Å². The van der Waals surface area contributed by atoms with Gasteiger partial charge < -0.3 is 10.5 Å². The lowest BCUT2D eigenvalue weighted by molar-refractivity contribution is -0.00327. The van der Waals surface area contributed by atoms with Gasteiger partial charge in [-0.2, -0.15) is 0 Å². The normalized spacial score (nSPS) is 47.5. The summed E-state index contributed by atoms with van der Waals surface area (Å²) in [7, 11) is 0. The summed E-state index contributed by atoms with van der Waals surface area (Å²) in [5.41, 5.74) is 6.22. The Kier molecular flexibility index (Phi) is 2.13. The Labute approximate surface area is 74.5 Å². The predicted molar refractivity (Wildman–Crippen MR) is 48.9 cm³/mol. The van der Waals surface area contributed by atoms with Crippen LogP contribution in [0.1, 0.15) is 39.0 Å². The van der Waals surface area contributed by atoms with Crippen LogP contribution < -0.4 is 5.73 Å². The van der Waals surface area contributed by atoms with E-state index in [0.717, 1.165) is 6.54 Å². The number of nitrogens with two attached hydrogens (primary N) is 1. The van der Waals surface area contributed by atoms with Gasteiger partial charge in [0.25, 0.3) is 0 Å². The van der Waals surface area contributed by atoms with Gasteiger partial charge >= 0.3 is 0 Å². The Bertz CT molecular complexity index is 171. The maximum absolute atomic E-state index is 5.88. The van der Waals surface area contributed by atoms with Crippen LogP contribution in [-0.4, -0.2) is 18.8 Å². The summed E-state index contributed by atoms with van der Waals surface area (Å²) in [4.78, 5) is 0. The van der Waals surface area contributed by atoms with Crippen LogP contribution in [0.5, 0.6) is 0 Å². The van der Waals surface area contributed by atoms with Crippen molar-refractivity contribution in [3.63, 3.8) is 0 Å². The summed E-state index contributed by atoms with van der Waals surface area (Å²) in [6.07, 6.45) is 7.32. The number of hydrogen-bond donors (Lipinski definition) is 1. The SMILES string of the molecule is C[C@@H]1C[C@@]2(CN)CCCC[C@H]2O1. The lowest BCUT2D eigenvalue weighted by atomic mass is 9.71. The topological polar surface area (TPSA) is 35.2 Å². The average molecular weight is 169 g/mol. The molecule has 2 aliphatic rings. The zero-order chi connectivity index (χ0) is 8.60. The van der Waals surface area contributed by atoms with Gasteiger partial charge in [0.1, 0.15) is 0 Å². The molecule has 0 aromatic heterocycles. The van der Waals surface area contributed by atoms with E-state index in [-0.39, 0.29) is 0 Å². The fourth-order valence-electron chi connectivity index (χ4n) is 2.94. The lowest BCUT2D eigenvalue weighted by Gasteiger charge is -2.36. The van der Waals surface area contributed by atoms with E-state index in [2.05, 4.69) is 6.92 Å². The van der Waals surface area contributed by atoms with Crippen molar-refractivity contribution in [2.75, 3.05) is 6.54 Å². The number of hydrogen-bond acceptors (Lipinski definition) is 2. The van der Waals surface area contributed by atoms with E-state index in [1.54, 1.807) is 0 Å². The molecule has 70 valence electrons. The first-order valence-corrected chi connectivity index (χ1v) is 5.12. The second kappa shape index (κ2) is 3.00. The fourth-order valence-corrected chi connectivity index (χ4v) is 2.94. The summed E-state index contributed by atoms with van der Waals surface area (Å²) in [5.74, 6) is 0. The molecule has 12 heavy (non-hydrogen) atoms. The molecule has 2 N–H and O–H groups in total. The molecule has 0 spiro atoms. The number of fused-ring (bicyclic) bond motifs is 1. The maximum atomic E-state index is 5.88. The molecule has 0 aromatic rings. The summed E-state index contributed by atoms with van der Waals surface area (Å²) < 4.78 is 5.88. The van der Waals surface area contributed by atoms with E-state index in [9.17, 15) is 0 Å². The quantitative estimate of drug-likeness (QED) is 0.648. The molecule has 1 aliphatic carbocycles.